The van der Waals surface area contributed by atoms with E-state index in [1.165, 1.54) is 21.9 Å². The van der Waals surface area contributed by atoms with Gasteiger partial charge in [-0.15, -0.1) is 0 Å². The molecule has 0 amide bonds. The highest BCUT2D eigenvalue weighted by atomic mass is 16.4. The molecular weight excluding hydrogens is 563 g/mol. The van der Waals surface area contributed by atoms with Crippen molar-refractivity contribution in [2.45, 2.75) is 0 Å². The van der Waals surface area contributed by atoms with Crippen molar-refractivity contribution in [3.63, 3.8) is 0 Å². The molecule has 46 heavy (non-hydrogen) atoms. The van der Waals surface area contributed by atoms with Gasteiger partial charge in [-0.3, -0.25) is 0 Å². The fourth-order valence-electron chi connectivity index (χ4n) is 7.42. The number of rotatable bonds is 4. The Morgan fingerprint density at radius 2 is 0.826 bits per heavy atom. The first kappa shape index (κ1) is 26.7. The lowest BCUT2D eigenvalue weighted by molar-refractivity contribution is 0.426. The molecule has 2 N–H and O–H groups in total. The maximum atomic E-state index is 11.0. The van der Waals surface area contributed by atoms with Crippen molar-refractivity contribution >= 4 is 66.8 Å². The van der Waals surface area contributed by atoms with Gasteiger partial charge in [-0.05, 0) is 77.8 Å². The molecule has 9 rings (SSSR count). The molecule has 0 bridgehead atoms. The number of hydrogen-bond acceptors (Lipinski definition) is 3. The van der Waals surface area contributed by atoms with E-state index in [4.69, 9.17) is 4.42 Å². The Kier molecular flexibility index (Phi) is 6.07. The van der Waals surface area contributed by atoms with Crippen LogP contribution in [0.1, 0.15) is 0 Å². The minimum absolute atomic E-state index is 0.371. The topological polar surface area (TPSA) is 53.6 Å². The molecule has 0 saturated carbocycles. The molecule has 0 aliphatic heterocycles. The predicted octanol–water partition coefficient (Wildman–Crippen LogP) is 9.73. The van der Waals surface area contributed by atoms with Crippen LogP contribution in [0.2, 0.25) is 0 Å². The van der Waals surface area contributed by atoms with E-state index < -0.39 is 7.12 Å². The van der Waals surface area contributed by atoms with Crippen LogP contribution < -0.4 is 5.46 Å². The third-order valence-electron chi connectivity index (χ3n) is 9.27. The lowest BCUT2D eigenvalue weighted by Gasteiger charge is -2.19. The van der Waals surface area contributed by atoms with E-state index in [-0.39, 0.29) is 0 Å². The molecule has 9 aromatic rings. The van der Waals surface area contributed by atoms with Gasteiger partial charge in [-0.25, -0.2) is 0 Å². The van der Waals surface area contributed by atoms with Crippen molar-refractivity contribution in [1.29, 1.82) is 0 Å². The van der Waals surface area contributed by atoms with Crippen molar-refractivity contribution in [2.75, 3.05) is 0 Å². The van der Waals surface area contributed by atoms with Gasteiger partial charge < -0.3 is 14.5 Å². The summed E-state index contributed by atoms with van der Waals surface area (Å²) in [4.78, 5) is 0. The van der Waals surface area contributed by atoms with E-state index in [2.05, 4.69) is 109 Å². The minimum Gasteiger partial charge on any atom is -0.456 e. The quantitative estimate of drug-likeness (QED) is 0.159. The largest absolute Gasteiger partial charge is 0.492 e. The van der Waals surface area contributed by atoms with Gasteiger partial charge in [0.1, 0.15) is 11.2 Å². The smallest absolute Gasteiger partial charge is 0.456 e. The molecule has 0 unspecified atom stereocenters. The van der Waals surface area contributed by atoms with E-state index in [9.17, 15) is 10.0 Å². The molecule has 1 aromatic heterocycles. The Morgan fingerprint density at radius 3 is 1.41 bits per heavy atom. The Balaban J connectivity index is 1.38. The molecule has 0 aliphatic carbocycles. The van der Waals surface area contributed by atoms with Gasteiger partial charge in [-0.1, -0.05) is 140 Å². The summed E-state index contributed by atoms with van der Waals surface area (Å²) in [5.41, 5.74) is 7.83. The van der Waals surface area contributed by atoms with Gasteiger partial charge >= 0.3 is 7.12 Å². The summed E-state index contributed by atoms with van der Waals surface area (Å²) in [6, 6.07) is 52.3. The van der Waals surface area contributed by atoms with Crippen LogP contribution in [0.5, 0.6) is 0 Å². The van der Waals surface area contributed by atoms with Gasteiger partial charge in [0.05, 0.1) is 0 Å². The first-order valence-electron chi connectivity index (χ1n) is 15.5. The second-order valence-electron chi connectivity index (χ2n) is 11.8. The summed E-state index contributed by atoms with van der Waals surface area (Å²) in [6.07, 6.45) is 0. The second kappa shape index (κ2) is 10.5. The SMILES string of the molecule is OB(O)c1c(-c2cccc(-c3c4ccccc4c(-c4ccccc4)c4ccccc34)c2)c2ccccc2c2c1oc1ccccc12. The van der Waals surface area contributed by atoms with Crippen LogP contribution in [0, 0.1) is 0 Å². The number of benzene rings is 8. The Bertz CT molecular complexity index is 2560. The van der Waals surface area contributed by atoms with Crippen molar-refractivity contribution in [3.05, 3.63) is 152 Å². The molecule has 8 aromatic carbocycles. The van der Waals surface area contributed by atoms with E-state index in [0.717, 1.165) is 54.6 Å². The van der Waals surface area contributed by atoms with Crippen molar-refractivity contribution in [3.8, 4) is 33.4 Å². The molecule has 1 heterocycles. The molecule has 216 valence electrons. The number of furan rings is 1. The molecule has 0 aliphatic rings. The second-order valence-corrected chi connectivity index (χ2v) is 11.8. The maximum Gasteiger partial charge on any atom is 0.492 e. The summed E-state index contributed by atoms with van der Waals surface area (Å²) in [7, 11) is -1.74. The highest BCUT2D eigenvalue weighted by Crippen LogP contribution is 2.45. The van der Waals surface area contributed by atoms with Crippen LogP contribution in [0.3, 0.4) is 0 Å². The molecule has 0 atom stereocenters. The maximum absolute atomic E-state index is 11.0. The molecule has 0 radical (unpaired) electrons. The zero-order valence-electron chi connectivity index (χ0n) is 24.8. The third-order valence-corrected chi connectivity index (χ3v) is 9.27. The third kappa shape index (κ3) is 3.95. The van der Waals surface area contributed by atoms with Crippen LogP contribution in [0.15, 0.2) is 156 Å². The van der Waals surface area contributed by atoms with E-state index in [1.807, 2.05) is 42.5 Å². The molecule has 3 nitrogen and oxygen atoms in total. The highest BCUT2D eigenvalue weighted by molar-refractivity contribution is 6.65. The highest BCUT2D eigenvalue weighted by Gasteiger charge is 2.28. The van der Waals surface area contributed by atoms with Crippen molar-refractivity contribution in [2.24, 2.45) is 0 Å². The average Bonchev–Trinajstić information content (AvgIpc) is 3.50. The van der Waals surface area contributed by atoms with Gasteiger partial charge in [0.25, 0.3) is 0 Å². The van der Waals surface area contributed by atoms with Crippen LogP contribution in [-0.4, -0.2) is 17.2 Å². The first-order valence-corrected chi connectivity index (χ1v) is 15.5. The number of fused-ring (bicyclic) bond motifs is 7. The van der Waals surface area contributed by atoms with E-state index in [1.54, 1.807) is 0 Å². The van der Waals surface area contributed by atoms with Crippen LogP contribution in [-0.2, 0) is 0 Å². The molecule has 4 heteroatoms. The average molecular weight is 590 g/mol. The molecule has 0 spiro atoms. The standard InChI is InChI=1S/C42H27BO3/c44-43(45)41-39(33-21-8-9-22-34(33)40-35-23-10-11-24-36(35)46-42(40)41)28-16-12-15-27(25-28)38-31-19-6-4-17-29(31)37(26-13-2-1-3-14-26)30-18-5-7-20-32(30)38/h1-25,44-45H. The minimum atomic E-state index is -1.74. The normalized spacial score (nSPS) is 11.7. The first-order chi connectivity index (χ1) is 22.7. The zero-order valence-corrected chi connectivity index (χ0v) is 24.8. The summed E-state index contributed by atoms with van der Waals surface area (Å²) in [6.45, 7) is 0. The summed E-state index contributed by atoms with van der Waals surface area (Å²) in [5, 5.41) is 30.4. The van der Waals surface area contributed by atoms with Crippen LogP contribution in [0.4, 0.5) is 0 Å². The molecule has 0 fully saturated rings. The summed E-state index contributed by atoms with van der Waals surface area (Å²) >= 11 is 0. The van der Waals surface area contributed by atoms with Gasteiger partial charge in [-0.2, -0.15) is 0 Å². The fourth-order valence-corrected chi connectivity index (χ4v) is 7.42. The van der Waals surface area contributed by atoms with Crippen LogP contribution >= 0.6 is 0 Å². The van der Waals surface area contributed by atoms with Crippen molar-refractivity contribution in [1.82, 2.24) is 0 Å². The number of hydrogen-bond donors (Lipinski definition) is 2. The van der Waals surface area contributed by atoms with Crippen molar-refractivity contribution < 1.29 is 14.5 Å². The van der Waals surface area contributed by atoms with Gasteiger partial charge in [0.15, 0.2) is 0 Å². The number of para-hydroxylation sites is 1. The van der Waals surface area contributed by atoms with E-state index in [0.29, 0.717) is 16.6 Å². The monoisotopic (exact) mass is 590 g/mol. The van der Waals surface area contributed by atoms with Crippen LogP contribution in [0.25, 0.3) is 87.6 Å². The summed E-state index contributed by atoms with van der Waals surface area (Å²) < 4.78 is 6.38. The van der Waals surface area contributed by atoms with Gasteiger partial charge in [0, 0.05) is 16.2 Å². The predicted molar refractivity (Wildman–Crippen MR) is 192 cm³/mol. The fraction of sp³-hybridized carbons (Fsp3) is 0. The Labute approximate surface area is 265 Å². The Morgan fingerprint density at radius 1 is 0.391 bits per heavy atom. The lowest BCUT2D eigenvalue weighted by atomic mass is 9.72. The molecule has 0 saturated heterocycles. The lowest BCUT2D eigenvalue weighted by Crippen LogP contribution is -2.32. The summed E-state index contributed by atoms with van der Waals surface area (Å²) in [5.74, 6) is 0. The Hall–Kier alpha value is -5.68. The van der Waals surface area contributed by atoms with E-state index >= 15 is 0 Å². The zero-order chi connectivity index (χ0) is 30.8. The van der Waals surface area contributed by atoms with Gasteiger partial charge in [0.2, 0.25) is 0 Å². The molecular formula is C42H27BO3.